The molecule has 0 aromatic rings. The first-order valence-electron chi connectivity index (χ1n) is 5.31. The van der Waals surface area contributed by atoms with Gasteiger partial charge in [-0.2, -0.15) is 0 Å². The molecule has 0 aliphatic heterocycles. The lowest BCUT2D eigenvalue weighted by Gasteiger charge is -2.20. The van der Waals surface area contributed by atoms with Crippen molar-refractivity contribution in [1.82, 2.24) is 5.32 Å². The fraction of sp³-hybridized carbons (Fsp3) is 1.00. The third-order valence-electron chi connectivity index (χ3n) is 2.69. The zero-order valence-corrected chi connectivity index (χ0v) is 9.35. The molecule has 1 N–H and O–H groups in total. The Morgan fingerprint density at radius 3 is 2.08 bits per heavy atom. The topological polar surface area (TPSA) is 12.0 Å². The lowest BCUT2D eigenvalue weighted by molar-refractivity contribution is 0.378. The van der Waals surface area contributed by atoms with Crippen LogP contribution in [-0.4, -0.2) is 12.6 Å². The fourth-order valence-corrected chi connectivity index (χ4v) is 1.15. The number of hydrogen-bond acceptors (Lipinski definition) is 1. The average molecular weight is 171 g/mol. The molecule has 0 unspecified atom stereocenters. The SMILES string of the molecule is CC[C@H](C)[C@@H](C)NCCC(C)C. The molecule has 0 aromatic carbocycles. The highest BCUT2D eigenvalue weighted by Crippen LogP contribution is 2.07. The number of rotatable bonds is 6. The maximum absolute atomic E-state index is 3.56. The van der Waals surface area contributed by atoms with E-state index >= 15 is 0 Å². The van der Waals surface area contributed by atoms with Gasteiger partial charge in [-0.05, 0) is 31.7 Å². The van der Waals surface area contributed by atoms with E-state index in [0.29, 0.717) is 6.04 Å². The zero-order valence-electron chi connectivity index (χ0n) is 9.35. The third kappa shape index (κ3) is 5.59. The average Bonchev–Trinajstić information content (AvgIpc) is 2.02. The van der Waals surface area contributed by atoms with Gasteiger partial charge in [0.1, 0.15) is 0 Å². The van der Waals surface area contributed by atoms with Gasteiger partial charge < -0.3 is 5.32 Å². The van der Waals surface area contributed by atoms with E-state index in [1.807, 2.05) is 0 Å². The van der Waals surface area contributed by atoms with Crippen molar-refractivity contribution < 1.29 is 0 Å². The van der Waals surface area contributed by atoms with Crippen molar-refractivity contribution in [3.8, 4) is 0 Å². The molecule has 2 atom stereocenters. The Bertz CT molecular complexity index is 99.2. The predicted molar refractivity (Wildman–Crippen MR) is 56.4 cm³/mol. The maximum Gasteiger partial charge on any atom is 0.00642 e. The van der Waals surface area contributed by atoms with Crippen LogP contribution in [0.5, 0.6) is 0 Å². The molecule has 0 bridgehead atoms. The summed E-state index contributed by atoms with van der Waals surface area (Å²) in [7, 11) is 0. The van der Waals surface area contributed by atoms with Gasteiger partial charge in [-0.15, -0.1) is 0 Å². The first-order chi connectivity index (χ1) is 5.57. The molecule has 0 spiro atoms. The monoisotopic (exact) mass is 171 g/mol. The smallest absolute Gasteiger partial charge is 0.00642 e. The number of nitrogens with one attached hydrogen (secondary N) is 1. The van der Waals surface area contributed by atoms with Crippen LogP contribution < -0.4 is 5.32 Å². The lowest BCUT2D eigenvalue weighted by Crippen LogP contribution is -2.33. The quantitative estimate of drug-likeness (QED) is 0.647. The Kier molecular flexibility index (Phi) is 6.45. The van der Waals surface area contributed by atoms with Gasteiger partial charge in [0.25, 0.3) is 0 Å². The largest absolute Gasteiger partial charge is 0.314 e. The molecule has 0 aromatic heterocycles. The normalized spacial score (nSPS) is 16.5. The van der Waals surface area contributed by atoms with Crippen molar-refractivity contribution in [2.75, 3.05) is 6.54 Å². The van der Waals surface area contributed by atoms with E-state index in [2.05, 4.69) is 39.9 Å². The summed E-state index contributed by atoms with van der Waals surface area (Å²) in [6, 6.07) is 0.675. The van der Waals surface area contributed by atoms with E-state index in [-0.39, 0.29) is 0 Å². The summed E-state index contributed by atoms with van der Waals surface area (Å²) in [6.45, 7) is 12.6. The van der Waals surface area contributed by atoms with Gasteiger partial charge in [-0.3, -0.25) is 0 Å². The molecule has 74 valence electrons. The minimum Gasteiger partial charge on any atom is -0.314 e. The Labute approximate surface area is 77.9 Å². The first kappa shape index (κ1) is 12.0. The summed E-state index contributed by atoms with van der Waals surface area (Å²) in [6.07, 6.45) is 2.57. The molecule has 0 aliphatic carbocycles. The van der Waals surface area contributed by atoms with Crippen LogP contribution in [0.3, 0.4) is 0 Å². The summed E-state index contributed by atoms with van der Waals surface area (Å²) in [5.41, 5.74) is 0. The molecular weight excluding hydrogens is 146 g/mol. The van der Waals surface area contributed by atoms with Gasteiger partial charge in [0.2, 0.25) is 0 Å². The van der Waals surface area contributed by atoms with Crippen molar-refractivity contribution in [1.29, 1.82) is 0 Å². The molecule has 0 aliphatic rings. The molecule has 1 nitrogen and oxygen atoms in total. The van der Waals surface area contributed by atoms with Crippen molar-refractivity contribution >= 4 is 0 Å². The molecule has 0 amide bonds. The lowest BCUT2D eigenvalue weighted by atomic mass is 10.0. The van der Waals surface area contributed by atoms with Crippen molar-refractivity contribution in [3.05, 3.63) is 0 Å². The third-order valence-corrected chi connectivity index (χ3v) is 2.69. The maximum atomic E-state index is 3.56. The first-order valence-corrected chi connectivity index (χ1v) is 5.31. The second-order valence-corrected chi connectivity index (χ2v) is 4.31. The molecule has 1 heteroatoms. The van der Waals surface area contributed by atoms with E-state index in [9.17, 15) is 0 Å². The van der Waals surface area contributed by atoms with Crippen LogP contribution in [0.25, 0.3) is 0 Å². The summed E-state index contributed by atoms with van der Waals surface area (Å²) >= 11 is 0. The Balaban J connectivity index is 3.37. The van der Waals surface area contributed by atoms with Crippen LogP contribution in [0.15, 0.2) is 0 Å². The standard InChI is InChI=1S/C11H25N/c1-6-10(4)11(5)12-8-7-9(2)3/h9-12H,6-8H2,1-5H3/t10-,11+/m0/s1. The molecule has 0 saturated carbocycles. The molecule has 0 radical (unpaired) electrons. The van der Waals surface area contributed by atoms with Gasteiger partial charge in [0.15, 0.2) is 0 Å². The van der Waals surface area contributed by atoms with Gasteiger partial charge in [0, 0.05) is 6.04 Å². The van der Waals surface area contributed by atoms with Crippen molar-refractivity contribution in [2.24, 2.45) is 11.8 Å². The number of hydrogen-bond donors (Lipinski definition) is 1. The molecule has 0 fully saturated rings. The van der Waals surface area contributed by atoms with Crippen LogP contribution >= 0.6 is 0 Å². The van der Waals surface area contributed by atoms with Gasteiger partial charge >= 0.3 is 0 Å². The minimum atomic E-state index is 0.675. The van der Waals surface area contributed by atoms with E-state index in [1.165, 1.54) is 19.4 Å². The Morgan fingerprint density at radius 1 is 1.08 bits per heavy atom. The highest BCUT2D eigenvalue weighted by molar-refractivity contribution is 4.66. The van der Waals surface area contributed by atoms with Gasteiger partial charge in [-0.25, -0.2) is 0 Å². The minimum absolute atomic E-state index is 0.675. The second kappa shape index (κ2) is 6.47. The van der Waals surface area contributed by atoms with Gasteiger partial charge in [-0.1, -0.05) is 34.1 Å². The van der Waals surface area contributed by atoms with E-state index in [1.54, 1.807) is 0 Å². The van der Waals surface area contributed by atoms with Crippen LogP contribution in [0, 0.1) is 11.8 Å². The highest BCUT2D eigenvalue weighted by atomic mass is 14.9. The summed E-state index contributed by atoms with van der Waals surface area (Å²) in [5, 5.41) is 3.56. The Hall–Kier alpha value is -0.0400. The van der Waals surface area contributed by atoms with E-state index in [0.717, 1.165) is 11.8 Å². The van der Waals surface area contributed by atoms with Crippen LogP contribution in [-0.2, 0) is 0 Å². The Morgan fingerprint density at radius 2 is 1.67 bits per heavy atom. The molecule has 0 rings (SSSR count). The second-order valence-electron chi connectivity index (χ2n) is 4.31. The van der Waals surface area contributed by atoms with Crippen LogP contribution in [0.4, 0.5) is 0 Å². The van der Waals surface area contributed by atoms with Crippen molar-refractivity contribution in [2.45, 2.75) is 53.5 Å². The summed E-state index contributed by atoms with van der Waals surface area (Å²) in [5.74, 6) is 1.62. The predicted octanol–water partition coefficient (Wildman–Crippen LogP) is 3.06. The molecule has 12 heavy (non-hydrogen) atoms. The molecule has 0 heterocycles. The highest BCUT2D eigenvalue weighted by Gasteiger charge is 2.08. The van der Waals surface area contributed by atoms with E-state index in [4.69, 9.17) is 0 Å². The van der Waals surface area contributed by atoms with E-state index < -0.39 is 0 Å². The van der Waals surface area contributed by atoms with Crippen molar-refractivity contribution in [3.63, 3.8) is 0 Å². The molecule has 0 saturated heterocycles. The fourth-order valence-electron chi connectivity index (χ4n) is 1.15. The van der Waals surface area contributed by atoms with Gasteiger partial charge in [0.05, 0.1) is 0 Å². The molecular formula is C11H25N. The summed E-state index contributed by atoms with van der Waals surface area (Å²) in [4.78, 5) is 0. The summed E-state index contributed by atoms with van der Waals surface area (Å²) < 4.78 is 0. The van der Waals surface area contributed by atoms with Crippen LogP contribution in [0.2, 0.25) is 0 Å². The van der Waals surface area contributed by atoms with Crippen LogP contribution in [0.1, 0.15) is 47.5 Å². The zero-order chi connectivity index (χ0) is 9.56.